The van der Waals surface area contributed by atoms with Crippen molar-refractivity contribution in [2.75, 3.05) is 0 Å². The first kappa shape index (κ1) is 12.8. The van der Waals surface area contributed by atoms with E-state index < -0.39 is 0 Å². The van der Waals surface area contributed by atoms with E-state index in [2.05, 4.69) is 16.5 Å². The summed E-state index contributed by atoms with van der Waals surface area (Å²) >= 11 is 5.84. The van der Waals surface area contributed by atoms with Crippen molar-refractivity contribution in [2.24, 2.45) is 0 Å². The predicted octanol–water partition coefficient (Wildman–Crippen LogP) is 3.83. The van der Waals surface area contributed by atoms with E-state index in [9.17, 15) is 0 Å². The maximum absolute atomic E-state index is 5.84. The molecule has 0 aromatic carbocycles. The molecular weight excluding hydrogens is 196 g/mol. The highest BCUT2D eigenvalue weighted by Gasteiger charge is 2.02. The minimum atomic E-state index is 0.456. The van der Waals surface area contributed by atoms with Crippen LogP contribution in [0.15, 0.2) is 19.0 Å². The monoisotopic (exact) mass is 210 g/mol. The van der Waals surface area contributed by atoms with Crippen LogP contribution in [0.2, 0.25) is 5.15 Å². The molecule has 0 fully saturated rings. The predicted molar refractivity (Wildman–Crippen MR) is 63.2 cm³/mol. The van der Waals surface area contributed by atoms with Gasteiger partial charge in [0.15, 0.2) is 0 Å². The van der Waals surface area contributed by atoms with Crippen LogP contribution in [0, 0.1) is 0 Å². The lowest BCUT2D eigenvalue weighted by Crippen LogP contribution is -1.89. The molecule has 0 atom stereocenters. The molecule has 0 aliphatic rings. The van der Waals surface area contributed by atoms with Crippen LogP contribution in [0.3, 0.4) is 0 Å². The molecule has 1 aromatic heterocycles. The van der Waals surface area contributed by atoms with Crippen LogP contribution in [-0.4, -0.2) is 9.97 Å². The van der Waals surface area contributed by atoms with Gasteiger partial charge in [-0.2, -0.15) is 0 Å². The Morgan fingerprint density at radius 3 is 2.50 bits per heavy atom. The molecule has 0 unspecified atom stereocenters. The second kappa shape index (κ2) is 7.27. The zero-order valence-corrected chi connectivity index (χ0v) is 9.54. The summed E-state index contributed by atoms with van der Waals surface area (Å²) in [6.45, 7) is 9.55. The molecule has 1 rings (SSSR count). The zero-order valence-electron chi connectivity index (χ0n) is 8.79. The fourth-order valence-corrected chi connectivity index (χ4v) is 1.07. The van der Waals surface area contributed by atoms with Gasteiger partial charge in [0.1, 0.15) is 11.5 Å². The van der Waals surface area contributed by atoms with Crippen molar-refractivity contribution in [3.8, 4) is 0 Å². The van der Waals surface area contributed by atoms with Gasteiger partial charge in [-0.05, 0) is 13.0 Å². The first-order chi connectivity index (χ1) is 6.79. The molecule has 14 heavy (non-hydrogen) atoms. The molecule has 0 saturated heterocycles. The molecule has 3 heteroatoms. The molecule has 0 N–H and O–H groups in total. The first-order valence-electron chi connectivity index (χ1n) is 4.55. The SMILES string of the molecule is C=Cc1ncnc(Cl)c1/C=C\C.CC. The lowest BCUT2D eigenvalue weighted by molar-refractivity contribution is 1.14. The van der Waals surface area contributed by atoms with Crippen LogP contribution in [0.25, 0.3) is 12.2 Å². The Kier molecular flexibility index (Phi) is 6.68. The molecular formula is C11H15ClN2. The number of aromatic nitrogens is 2. The number of halogens is 1. The van der Waals surface area contributed by atoms with Crippen molar-refractivity contribution in [2.45, 2.75) is 20.8 Å². The molecule has 1 aromatic rings. The van der Waals surface area contributed by atoms with E-state index in [4.69, 9.17) is 11.6 Å². The summed E-state index contributed by atoms with van der Waals surface area (Å²) in [7, 11) is 0. The van der Waals surface area contributed by atoms with E-state index in [1.54, 1.807) is 6.08 Å². The minimum absolute atomic E-state index is 0.456. The van der Waals surface area contributed by atoms with Gasteiger partial charge in [0.2, 0.25) is 0 Å². The van der Waals surface area contributed by atoms with Crippen molar-refractivity contribution in [1.29, 1.82) is 0 Å². The minimum Gasteiger partial charge on any atom is -0.236 e. The fourth-order valence-electron chi connectivity index (χ4n) is 0.870. The largest absolute Gasteiger partial charge is 0.236 e. The van der Waals surface area contributed by atoms with Crippen molar-refractivity contribution in [1.82, 2.24) is 9.97 Å². The Morgan fingerprint density at radius 2 is 2.00 bits per heavy atom. The summed E-state index contributed by atoms with van der Waals surface area (Å²) in [6.07, 6.45) is 6.83. The highest BCUT2D eigenvalue weighted by atomic mass is 35.5. The second-order valence-corrected chi connectivity index (χ2v) is 2.53. The maximum Gasteiger partial charge on any atom is 0.140 e. The average molecular weight is 211 g/mol. The highest BCUT2D eigenvalue weighted by Crippen LogP contribution is 2.17. The Morgan fingerprint density at radius 1 is 1.36 bits per heavy atom. The van der Waals surface area contributed by atoms with Gasteiger partial charge in [-0.15, -0.1) is 0 Å². The summed E-state index contributed by atoms with van der Waals surface area (Å²) in [6, 6.07) is 0. The van der Waals surface area contributed by atoms with Gasteiger partial charge in [0.25, 0.3) is 0 Å². The van der Waals surface area contributed by atoms with Crippen LogP contribution >= 0.6 is 11.6 Å². The van der Waals surface area contributed by atoms with Crippen molar-refractivity contribution >= 4 is 23.8 Å². The van der Waals surface area contributed by atoms with Gasteiger partial charge in [0.05, 0.1) is 5.69 Å². The number of nitrogens with zero attached hydrogens (tertiary/aromatic N) is 2. The topological polar surface area (TPSA) is 25.8 Å². The maximum atomic E-state index is 5.84. The van der Waals surface area contributed by atoms with Gasteiger partial charge in [0, 0.05) is 5.56 Å². The van der Waals surface area contributed by atoms with E-state index in [0.29, 0.717) is 5.15 Å². The highest BCUT2D eigenvalue weighted by molar-refractivity contribution is 6.31. The fraction of sp³-hybridized carbons (Fsp3) is 0.273. The quantitative estimate of drug-likeness (QED) is 0.694. The van der Waals surface area contributed by atoms with Crippen LogP contribution in [0.1, 0.15) is 32.0 Å². The van der Waals surface area contributed by atoms with E-state index >= 15 is 0 Å². The van der Waals surface area contributed by atoms with Crippen LogP contribution < -0.4 is 0 Å². The smallest absolute Gasteiger partial charge is 0.140 e. The van der Waals surface area contributed by atoms with E-state index in [-0.39, 0.29) is 0 Å². The lowest BCUT2D eigenvalue weighted by atomic mass is 10.2. The number of rotatable bonds is 2. The first-order valence-corrected chi connectivity index (χ1v) is 4.93. The Balaban J connectivity index is 0.000000791. The lowest BCUT2D eigenvalue weighted by Gasteiger charge is -1.99. The van der Waals surface area contributed by atoms with E-state index in [1.807, 2.05) is 32.9 Å². The Hall–Kier alpha value is -1.15. The van der Waals surface area contributed by atoms with Gasteiger partial charge < -0.3 is 0 Å². The molecule has 0 aliphatic carbocycles. The molecule has 0 bridgehead atoms. The standard InChI is InChI=1S/C9H9ClN2.C2H6/c1-3-5-7-8(4-2)11-6-12-9(7)10;1-2/h3-6H,2H2,1H3;1-2H3/b5-3-;. The normalized spacial score (nSPS) is 9.43. The summed E-state index contributed by atoms with van der Waals surface area (Å²) in [5.41, 5.74) is 1.57. The zero-order chi connectivity index (χ0) is 11.0. The van der Waals surface area contributed by atoms with Crippen LogP contribution in [0.5, 0.6) is 0 Å². The summed E-state index contributed by atoms with van der Waals surface area (Å²) in [4.78, 5) is 7.87. The molecule has 0 amide bonds. The van der Waals surface area contributed by atoms with Crippen molar-refractivity contribution in [3.63, 3.8) is 0 Å². The number of hydrogen-bond donors (Lipinski definition) is 0. The van der Waals surface area contributed by atoms with Gasteiger partial charge in [-0.3, -0.25) is 0 Å². The average Bonchev–Trinajstić information content (AvgIpc) is 2.24. The molecule has 0 spiro atoms. The third-order valence-corrected chi connectivity index (χ3v) is 1.69. The number of allylic oxidation sites excluding steroid dienone is 1. The molecule has 0 aliphatic heterocycles. The second-order valence-electron chi connectivity index (χ2n) is 2.17. The Bertz CT molecular complexity index is 319. The summed E-state index contributed by atoms with van der Waals surface area (Å²) in [5.74, 6) is 0. The van der Waals surface area contributed by atoms with Crippen LogP contribution in [0.4, 0.5) is 0 Å². The summed E-state index contributed by atoms with van der Waals surface area (Å²) < 4.78 is 0. The third kappa shape index (κ3) is 3.30. The molecule has 1 heterocycles. The third-order valence-electron chi connectivity index (χ3n) is 1.39. The van der Waals surface area contributed by atoms with Crippen molar-refractivity contribution in [3.05, 3.63) is 35.4 Å². The molecule has 0 saturated carbocycles. The molecule has 0 radical (unpaired) electrons. The van der Waals surface area contributed by atoms with Gasteiger partial charge in [-0.25, -0.2) is 9.97 Å². The summed E-state index contributed by atoms with van der Waals surface area (Å²) in [5, 5.41) is 0.456. The Labute approximate surface area is 90.4 Å². The van der Waals surface area contributed by atoms with Crippen LogP contribution in [-0.2, 0) is 0 Å². The van der Waals surface area contributed by atoms with Crippen molar-refractivity contribution < 1.29 is 0 Å². The van der Waals surface area contributed by atoms with Gasteiger partial charge >= 0.3 is 0 Å². The molecule has 76 valence electrons. The van der Waals surface area contributed by atoms with Gasteiger partial charge in [-0.1, -0.05) is 44.2 Å². The van der Waals surface area contributed by atoms with E-state index in [0.717, 1.165) is 11.3 Å². The van der Waals surface area contributed by atoms with E-state index in [1.165, 1.54) is 6.33 Å². The number of hydrogen-bond acceptors (Lipinski definition) is 2. The molecule has 2 nitrogen and oxygen atoms in total.